The zero-order valence-electron chi connectivity index (χ0n) is 19.2. The van der Waals surface area contributed by atoms with Crippen molar-refractivity contribution in [1.29, 1.82) is 0 Å². The van der Waals surface area contributed by atoms with Gasteiger partial charge in [-0.15, -0.1) is 0 Å². The molecule has 1 aromatic carbocycles. The summed E-state index contributed by atoms with van der Waals surface area (Å²) < 4.78 is 8.48. The third-order valence-electron chi connectivity index (χ3n) is 6.58. The van der Waals surface area contributed by atoms with Gasteiger partial charge < -0.3 is 14.7 Å². The number of primary amides is 1. The number of amides is 1. The van der Waals surface area contributed by atoms with Crippen LogP contribution in [0.5, 0.6) is 0 Å². The Morgan fingerprint density at radius 3 is 2.50 bits per heavy atom. The fraction of sp³-hybridized carbons (Fsp3) is 0.565. The number of aromatic nitrogens is 2. The average molecular weight is 429 g/mol. The maximum Gasteiger partial charge on any atom is 0.284 e. The van der Waals surface area contributed by atoms with E-state index in [0.717, 1.165) is 31.6 Å². The van der Waals surface area contributed by atoms with Crippen molar-refractivity contribution in [2.75, 3.05) is 6.54 Å². The maximum absolute atomic E-state index is 11.6. The fourth-order valence-corrected chi connectivity index (χ4v) is 5.30. The van der Waals surface area contributed by atoms with Crippen molar-refractivity contribution in [1.82, 2.24) is 14.5 Å². The van der Waals surface area contributed by atoms with Crippen LogP contribution in [0.25, 0.3) is 0 Å². The molecule has 0 bridgehead atoms. The van der Waals surface area contributed by atoms with Gasteiger partial charge in [0.2, 0.25) is 0 Å². The van der Waals surface area contributed by atoms with E-state index in [1.165, 1.54) is 5.56 Å². The molecule has 0 spiro atoms. The minimum atomic E-state index is -1.84. The molecule has 7 heteroatoms. The summed E-state index contributed by atoms with van der Waals surface area (Å²) >= 11 is 0. The Bertz CT molecular complexity index is 873. The minimum absolute atomic E-state index is 0.187. The number of hydrogen-bond donors (Lipinski definition) is 1. The summed E-state index contributed by atoms with van der Waals surface area (Å²) in [5, 5.41) is 0.187. The molecule has 1 amide bonds. The largest absolute Gasteiger partial charge is 0.413 e. The van der Waals surface area contributed by atoms with Crippen LogP contribution in [0.3, 0.4) is 0 Å². The van der Waals surface area contributed by atoms with E-state index >= 15 is 0 Å². The van der Waals surface area contributed by atoms with Crippen molar-refractivity contribution in [3.05, 3.63) is 53.6 Å². The van der Waals surface area contributed by atoms with Gasteiger partial charge in [-0.1, -0.05) is 51.1 Å². The molecule has 30 heavy (non-hydrogen) atoms. The molecule has 3 rings (SSSR count). The highest BCUT2D eigenvalue weighted by Gasteiger charge is 2.42. The maximum atomic E-state index is 11.6. The van der Waals surface area contributed by atoms with Crippen LogP contribution in [0.4, 0.5) is 0 Å². The molecule has 1 aromatic heterocycles. The van der Waals surface area contributed by atoms with E-state index in [9.17, 15) is 4.79 Å². The molecular weight excluding hydrogens is 392 g/mol. The zero-order valence-corrected chi connectivity index (χ0v) is 20.2. The van der Waals surface area contributed by atoms with Crippen LogP contribution in [0.2, 0.25) is 18.1 Å². The molecule has 2 aromatic rings. The molecule has 2 atom stereocenters. The standard InChI is InChI=1S/C23H36N4O2Si/c1-23(2,3)30(5,6)29-20-13-19(12-18-15-26(4)22(25-18)21(24)28)27(16-20)14-17-10-8-7-9-11-17/h7-11,15,19-20H,12-14,16H2,1-6H3,(H2,24,28)/t19-,20-/m1/s1. The van der Waals surface area contributed by atoms with Gasteiger partial charge >= 0.3 is 0 Å². The number of imidazole rings is 1. The molecule has 164 valence electrons. The summed E-state index contributed by atoms with van der Waals surface area (Å²) in [5.74, 6) is -0.179. The highest BCUT2D eigenvalue weighted by atomic mass is 28.4. The van der Waals surface area contributed by atoms with Crippen LogP contribution in [-0.2, 0) is 24.4 Å². The Hall–Kier alpha value is -1.96. The van der Waals surface area contributed by atoms with Crippen LogP contribution in [0.15, 0.2) is 36.5 Å². The van der Waals surface area contributed by atoms with Crippen LogP contribution >= 0.6 is 0 Å². The molecule has 0 unspecified atom stereocenters. The second-order valence-corrected chi connectivity index (χ2v) is 14.8. The van der Waals surface area contributed by atoms with Gasteiger partial charge in [0.25, 0.3) is 5.91 Å². The summed E-state index contributed by atoms with van der Waals surface area (Å²) in [7, 11) is -0.0247. The van der Waals surface area contributed by atoms with Crippen LogP contribution in [0.1, 0.15) is 49.1 Å². The van der Waals surface area contributed by atoms with Gasteiger partial charge in [-0.3, -0.25) is 9.69 Å². The summed E-state index contributed by atoms with van der Waals surface area (Å²) in [6.07, 6.45) is 3.90. The first-order chi connectivity index (χ1) is 14.0. The number of aryl methyl sites for hydroxylation is 1. The Kier molecular flexibility index (Phi) is 6.55. The van der Waals surface area contributed by atoms with Gasteiger partial charge in [0.05, 0.1) is 11.8 Å². The van der Waals surface area contributed by atoms with E-state index in [2.05, 4.69) is 68.0 Å². The molecule has 1 aliphatic rings. The molecule has 2 heterocycles. The van der Waals surface area contributed by atoms with Gasteiger partial charge in [-0.25, -0.2) is 4.98 Å². The van der Waals surface area contributed by atoms with E-state index in [0.29, 0.717) is 11.9 Å². The van der Waals surface area contributed by atoms with Crippen molar-refractivity contribution >= 4 is 14.2 Å². The summed E-state index contributed by atoms with van der Waals surface area (Å²) in [5.41, 5.74) is 7.65. The van der Waals surface area contributed by atoms with Crippen molar-refractivity contribution in [3.8, 4) is 0 Å². The number of benzene rings is 1. The molecular formula is C23H36N4O2Si. The van der Waals surface area contributed by atoms with Crippen molar-refractivity contribution in [3.63, 3.8) is 0 Å². The van der Waals surface area contributed by atoms with Gasteiger partial charge in [0, 0.05) is 38.8 Å². The molecule has 1 fully saturated rings. The van der Waals surface area contributed by atoms with Crippen LogP contribution < -0.4 is 5.73 Å². The average Bonchev–Trinajstić information content (AvgIpc) is 3.17. The van der Waals surface area contributed by atoms with Crippen molar-refractivity contribution in [2.45, 2.75) is 70.4 Å². The summed E-state index contributed by atoms with van der Waals surface area (Å²) in [4.78, 5) is 18.6. The lowest BCUT2D eigenvalue weighted by Crippen LogP contribution is -2.44. The fourth-order valence-electron chi connectivity index (χ4n) is 3.94. The van der Waals surface area contributed by atoms with E-state index in [1.54, 1.807) is 4.57 Å². The SMILES string of the molecule is Cn1cc(C[C@@H]2C[C@@H](O[Si](C)(C)C(C)(C)C)CN2Cc2ccccc2)nc1C(N)=O. The molecule has 1 saturated heterocycles. The first kappa shape index (κ1) is 22.7. The topological polar surface area (TPSA) is 73.4 Å². The monoisotopic (exact) mass is 428 g/mol. The zero-order chi connectivity index (χ0) is 22.1. The Morgan fingerprint density at radius 1 is 1.27 bits per heavy atom. The lowest BCUT2D eigenvalue weighted by atomic mass is 10.1. The Morgan fingerprint density at radius 2 is 1.93 bits per heavy atom. The number of hydrogen-bond acceptors (Lipinski definition) is 4. The van der Waals surface area contributed by atoms with Gasteiger partial charge in [-0.05, 0) is 30.1 Å². The predicted octanol–water partition coefficient (Wildman–Crippen LogP) is 3.73. The number of nitrogens with zero attached hydrogens (tertiary/aromatic N) is 3. The number of likely N-dealkylation sites (tertiary alicyclic amines) is 1. The predicted molar refractivity (Wildman–Crippen MR) is 123 cm³/mol. The third kappa shape index (κ3) is 5.20. The third-order valence-corrected chi connectivity index (χ3v) is 11.1. The number of nitrogens with two attached hydrogens (primary N) is 1. The van der Waals surface area contributed by atoms with E-state index in [4.69, 9.17) is 10.2 Å². The highest BCUT2D eigenvalue weighted by molar-refractivity contribution is 6.74. The van der Waals surface area contributed by atoms with Crippen molar-refractivity contribution in [2.24, 2.45) is 12.8 Å². The quantitative estimate of drug-likeness (QED) is 0.682. The van der Waals surface area contributed by atoms with Gasteiger partial charge in [0.1, 0.15) is 0 Å². The first-order valence-corrected chi connectivity index (χ1v) is 13.6. The van der Waals surface area contributed by atoms with E-state index < -0.39 is 14.2 Å². The molecule has 0 radical (unpaired) electrons. The second-order valence-electron chi connectivity index (χ2n) is 10.0. The van der Waals surface area contributed by atoms with Crippen molar-refractivity contribution < 1.29 is 9.22 Å². The molecule has 1 aliphatic heterocycles. The first-order valence-electron chi connectivity index (χ1n) is 10.7. The lowest BCUT2D eigenvalue weighted by Gasteiger charge is -2.38. The Labute approximate surface area is 181 Å². The molecule has 2 N–H and O–H groups in total. The second kappa shape index (κ2) is 8.65. The van der Waals surface area contributed by atoms with Gasteiger partial charge in [-0.2, -0.15) is 0 Å². The van der Waals surface area contributed by atoms with E-state index in [-0.39, 0.29) is 11.1 Å². The minimum Gasteiger partial charge on any atom is -0.413 e. The summed E-state index contributed by atoms with van der Waals surface area (Å²) in [6, 6.07) is 10.9. The Balaban J connectivity index is 1.78. The number of rotatable bonds is 7. The highest BCUT2D eigenvalue weighted by Crippen LogP contribution is 2.39. The molecule has 0 aliphatic carbocycles. The smallest absolute Gasteiger partial charge is 0.284 e. The van der Waals surface area contributed by atoms with Gasteiger partial charge in [0.15, 0.2) is 14.1 Å². The molecule has 0 saturated carbocycles. The molecule has 6 nitrogen and oxygen atoms in total. The normalized spacial score (nSPS) is 20.6. The number of carbonyl (C=O) groups is 1. The van der Waals surface area contributed by atoms with Crippen LogP contribution in [0, 0.1) is 0 Å². The number of carbonyl (C=O) groups excluding carboxylic acids is 1. The lowest BCUT2D eigenvalue weighted by molar-refractivity contribution is 0.0987. The van der Waals surface area contributed by atoms with E-state index in [1.807, 2.05) is 19.3 Å². The van der Waals surface area contributed by atoms with Crippen LogP contribution in [-0.4, -0.2) is 47.4 Å². The summed E-state index contributed by atoms with van der Waals surface area (Å²) in [6.45, 7) is 13.3.